The number of nitrogens with one attached hydrogen (secondary N) is 2. The lowest BCUT2D eigenvalue weighted by atomic mass is 10.2. The first-order valence-corrected chi connectivity index (χ1v) is 10.5. The molecule has 2 rings (SSSR count). The van der Waals surface area contributed by atoms with Crippen molar-refractivity contribution in [2.24, 2.45) is 0 Å². The highest BCUT2D eigenvalue weighted by atomic mass is 127. The first-order valence-electron chi connectivity index (χ1n) is 7.96. The van der Waals surface area contributed by atoms with E-state index in [4.69, 9.17) is 9.47 Å². The van der Waals surface area contributed by atoms with E-state index < -0.39 is 21.7 Å². The second-order valence-electron chi connectivity index (χ2n) is 6.60. The zero-order chi connectivity index (χ0) is 20.2. The van der Waals surface area contributed by atoms with Gasteiger partial charge in [-0.15, -0.1) is 0 Å². The maximum absolute atomic E-state index is 12.7. The van der Waals surface area contributed by atoms with Gasteiger partial charge in [0.25, 0.3) is 10.0 Å². The Morgan fingerprint density at radius 1 is 1.07 bits per heavy atom. The van der Waals surface area contributed by atoms with Crippen molar-refractivity contribution in [2.75, 3.05) is 17.1 Å². The molecule has 0 aliphatic heterocycles. The molecule has 2 aromatic carbocycles. The molecular formula is C18H21IN2O5S. The minimum atomic E-state index is -3.84. The highest BCUT2D eigenvalue weighted by Crippen LogP contribution is 2.29. The van der Waals surface area contributed by atoms with Crippen molar-refractivity contribution >= 4 is 50.1 Å². The zero-order valence-electron chi connectivity index (χ0n) is 15.4. The molecule has 0 saturated carbocycles. The number of sulfonamides is 1. The van der Waals surface area contributed by atoms with Gasteiger partial charge in [-0.3, -0.25) is 10.0 Å². The Bertz CT molecular complexity index is 922. The van der Waals surface area contributed by atoms with E-state index in [1.807, 2.05) is 0 Å². The highest BCUT2D eigenvalue weighted by Gasteiger charge is 2.20. The number of carbonyl (C=O) groups is 1. The second kappa shape index (κ2) is 8.34. The summed E-state index contributed by atoms with van der Waals surface area (Å²) < 4.78 is 39.2. The topological polar surface area (TPSA) is 93.7 Å². The number of ether oxygens (including phenoxy) is 2. The molecule has 0 bridgehead atoms. The summed E-state index contributed by atoms with van der Waals surface area (Å²) in [6.07, 6.45) is -0.707. The summed E-state index contributed by atoms with van der Waals surface area (Å²) in [5.74, 6) is 0.314. The highest BCUT2D eigenvalue weighted by molar-refractivity contribution is 14.1. The van der Waals surface area contributed by atoms with Gasteiger partial charge in [-0.2, -0.15) is 0 Å². The molecule has 0 saturated heterocycles. The van der Waals surface area contributed by atoms with Crippen LogP contribution < -0.4 is 14.8 Å². The van der Waals surface area contributed by atoms with Crippen LogP contribution in [0.5, 0.6) is 5.75 Å². The Balaban J connectivity index is 2.29. The lowest BCUT2D eigenvalue weighted by Crippen LogP contribution is -2.27. The van der Waals surface area contributed by atoms with Gasteiger partial charge in [-0.1, -0.05) is 0 Å². The molecule has 0 atom stereocenters. The molecule has 0 heterocycles. The smallest absolute Gasteiger partial charge is 0.412 e. The van der Waals surface area contributed by atoms with Gasteiger partial charge in [0.05, 0.1) is 17.7 Å². The van der Waals surface area contributed by atoms with E-state index in [9.17, 15) is 13.2 Å². The molecule has 0 radical (unpaired) electrons. The third-order valence-corrected chi connectivity index (χ3v) is 5.31. The number of benzene rings is 2. The Morgan fingerprint density at radius 3 is 2.26 bits per heavy atom. The summed E-state index contributed by atoms with van der Waals surface area (Å²) in [4.78, 5) is 12.0. The summed E-state index contributed by atoms with van der Waals surface area (Å²) >= 11 is 2.13. The average Bonchev–Trinajstić information content (AvgIpc) is 2.55. The number of halogens is 1. The Labute approximate surface area is 172 Å². The fourth-order valence-electron chi connectivity index (χ4n) is 2.10. The molecule has 2 N–H and O–H groups in total. The predicted molar refractivity (Wildman–Crippen MR) is 113 cm³/mol. The van der Waals surface area contributed by atoms with E-state index in [-0.39, 0.29) is 10.6 Å². The second-order valence-corrected chi connectivity index (χ2v) is 9.53. The van der Waals surface area contributed by atoms with E-state index in [1.165, 1.54) is 25.3 Å². The minimum Gasteiger partial charge on any atom is -0.495 e. The molecule has 9 heteroatoms. The molecule has 0 unspecified atom stereocenters. The molecule has 7 nitrogen and oxygen atoms in total. The van der Waals surface area contributed by atoms with Crippen LogP contribution in [0.3, 0.4) is 0 Å². The maximum atomic E-state index is 12.7. The summed E-state index contributed by atoms with van der Waals surface area (Å²) in [7, 11) is -2.42. The molecule has 0 aliphatic rings. The van der Waals surface area contributed by atoms with Crippen LogP contribution in [0.1, 0.15) is 20.8 Å². The molecule has 146 valence electrons. The standard InChI is InChI=1S/C18H21IN2O5S/c1-18(2,3)26-17(22)20-15-11-14(9-10-16(15)25-4)27(23,24)21-13-7-5-12(19)6-8-13/h5-11,21H,1-4H3,(H,20,22). The van der Waals surface area contributed by atoms with Crippen LogP contribution in [0.2, 0.25) is 0 Å². The first-order chi connectivity index (χ1) is 12.5. The SMILES string of the molecule is COc1ccc(S(=O)(=O)Nc2ccc(I)cc2)cc1NC(=O)OC(C)(C)C. The van der Waals surface area contributed by atoms with E-state index in [0.29, 0.717) is 11.4 Å². The van der Waals surface area contributed by atoms with Crippen molar-refractivity contribution < 1.29 is 22.7 Å². The van der Waals surface area contributed by atoms with Gasteiger partial charge >= 0.3 is 6.09 Å². The Kier molecular flexibility index (Phi) is 6.58. The predicted octanol–water partition coefficient (Wildman–Crippen LogP) is 4.45. The number of carbonyl (C=O) groups excluding carboxylic acids is 1. The fourth-order valence-corrected chi connectivity index (χ4v) is 3.54. The van der Waals surface area contributed by atoms with Crippen molar-refractivity contribution in [1.29, 1.82) is 0 Å². The van der Waals surface area contributed by atoms with Crippen molar-refractivity contribution in [3.05, 3.63) is 46.0 Å². The number of rotatable bonds is 5. The number of anilines is 2. The van der Waals surface area contributed by atoms with Crippen LogP contribution in [0.25, 0.3) is 0 Å². The lowest BCUT2D eigenvalue weighted by molar-refractivity contribution is 0.0635. The Morgan fingerprint density at radius 2 is 1.70 bits per heavy atom. The van der Waals surface area contributed by atoms with Gasteiger partial charge < -0.3 is 9.47 Å². The lowest BCUT2D eigenvalue weighted by Gasteiger charge is -2.20. The largest absolute Gasteiger partial charge is 0.495 e. The molecule has 0 fully saturated rings. The molecule has 0 spiro atoms. The molecular weight excluding hydrogens is 483 g/mol. The third-order valence-electron chi connectivity index (χ3n) is 3.21. The van der Waals surface area contributed by atoms with Gasteiger partial charge in [-0.05, 0) is 85.8 Å². The fraction of sp³-hybridized carbons (Fsp3) is 0.278. The van der Waals surface area contributed by atoms with E-state index in [1.54, 1.807) is 45.0 Å². The monoisotopic (exact) mass is 504 g/mol. The van der Waals surface area contributed by atoms with E-state index in [0.717, 1.165) is 3.57 Å². The zero-order valence-corrected chi connectivity index (χ0v) is 18.3. The summed E-state index contributed by atoms with van der Waals surface area (Å²) in [5, 5.41) is 2.52. The van der Waals surface area contributed by atoms with Gasteiger partial charge in [0.15, 0.2) is 0 Å². The van der Waals surface area contributed by atoms with Crippen LogP contribution in [0.15, 0.2) is 47.4 Å². The maximum Gasteiger partial charge on any atom is 0.412 e. The quantitative estimate of drug-likeness (QED) is 0.588. The van der Waals surface area contributed by atoms with Crippen molar-refractivity contribution in [2.45, 2.75) is 31.3 Å². The molecule has 1 amide bonds. The van der Waals surface area contributed by atoms with E-state index in [2.05, 4.69) is 32.6 Å². The van der Waals surface area contributed by atoms with Gasteiger partial charge in [0, 0.05) is 9.26 Å². The number of amides is 1. The number of methoxy groups -OCH3 is 1. The first kappa shape index (κ1) is 21.3. The molecule has 27 heavy (non-hydrogen) atoms. The van der Waals surface area contributed by atoms with Crippen LogP contribution in [-0.4, -0.2) is 27.2 Å². The van der Waals surface area contributed by atoms with E-state index >= 15 is 0 Å². The molecule has 2 aromatic rings. The third kappa shape index (κ3) is 6.28. The van der Waals surface area contributed by atoms with Crippen LogP contribution in [0.4, 0.5) is 16.2 Å². The van der Waals surface area contributed by atoms with Crippen molar-refractivity contribution in [3.63, 3.8) is 0 Å². The summed E-state index contributed by atoms with van der Waals surface area (Å²) in [5.41, 5.74) is -0.0574. The minimum absolute atomic E-state index is 0.0205. The normalized spacial score (nSPS) is 11.6. The van der Waals surface area contributed by atoms with Crippen molar-refractivity contribution in [1.82, 2.24) is 0 Å². The number of hydrogen-bond acceptors (Lipinski definition) is 5. The summed E-state index contributed by atoms with van der Waals surface area (Å²) in [6.45, 7) is 5.20. The molecule has 0 aromatic heterocycles. The average molecular weight is 504 g/mol. The van der Waals surface area contributed by atoms with Crippen LogP contribution in [0, 0.1) is 3.57 Å². The van der Waals surface area contributed by atoms with Gasteiger partial charge in [0.2, 0.25) is 0 Å². The van der Waals surface area contributed by atoms with Gasteiger partial charge in [0.1, 0.15) is 11.4 Å². The summed E-state index contributed by atoms with van der Waals surface area (Å²) in [6, 6.07) is 11.1. The van der Waals surface area contributed by atoms with Crippen LogP contribution in [-0.2, 0) is 14.8 Å². The van der Waals surface area contributed by atoms with Gasteiger partial charge in [-0.25, -0.2) is 13.2 Å². The van der Waals surface area contributed by atoms with Crippen molar-refractivity contribution in [3.8, 4) is 5.75 Å². The van der Waals surface area contributed by atoms with Crippen LogP contribution >= 0.6 is 22.6 Å². The molecule has 0 aliphatic carbocycles. The number of hydrogen-bond donors (Lipinski definition) is 2. The Hall–Kier alpha value is -2.01.